The molecule has 8 heteroatoms. The van der Waals surface area contributed by atoms with Crippen LogP contribution >= 0.6 is 23.8 Å². The number of carbonyl (C=O) groups excluding carboxylic acids is 1. The molecule has 1 aromatic heterocycles. The van der Waals surface area contributed by atoms with E-state index in [4.69, 9.17) is 33.0 Å². The third-order valence-electron chi connectivity index (χ3n) is 5.17. The zero-order valence-corrected chi connectivity index (χ0v) is 18.2. The maximum atomic E-state index is 12.4. The maximum absolute atomic E-state index is 12.4. The zero-order valence-electron chi connectivity index (χ0n) is 16.6. The predicted molar refractivity (Wildman–Crippen MR) is 118 cm³/mol. The fraction of sp³-hybridized carbons (Fsp3) is 0.318. The van der Waals surface area contributed by atoms with Gasteiger partial charge in [-0.25, -0.2) is 4.68 Å². The van der Waals surface area contributed by atoms with E-state index in [-0.39, 0.29) is 23.9 Å². The fourth-order valence-corrected chi connectivity index (χ4v) is 3.90. The Kier molecular flexibility index (Phi) is 6.20. The number of nitrogens with one attached hydrogen (secondary N) is 1. The van der Waals surface area contributed by atoms with Crippen LogP contribution in [0.1, 0.15) is 35.4 Å². The molecule has 0 aliphatic heterocycles. The smallest absolute Gasteiger partial charge is 0.287 e. The van der Waals surface area contributed by atoms with Crippen LogP contribution in [0.3, 0.4) is 0 Å². The number of halogens is 1. The van der Waals surface area contributed by atoms with Gasteiger partial charge in [-0.3, -0.25) is 4.79 Å². The van der Waals surface area contributed by atoms with E-state index in [2.05, 4.69) is 22.5 Å². The Morgan fingerprint density at radius 1 is 1.27 bits per heavy atom. The van der Waals surface area contributed by atoms with Crippen molar-refractivity contribution in [1.82, 2.24) is 9.78 Å². The van der Waals surface area contributed by atoms with Crippen LogP contribution in [-0.4, -0.2) is 15.7 Å². The van der Waals surface area contributed by atoms with Gasteiger partial charge in [0.2, 0.25) is 5.91 Å². The van der Waals surface area contributed by atoms with E-state index in [1.54, 1.807) is 18.2 Å². The molecule has 0 bridgehead atoms. The Morgan fingerprint density at radius 3 is 2.90 bits per heavy atom. The summed E-state index contributed by atoms with van der Waals surface area (Å²) in [5.74, 6) is 0.830. The van der Waals surface area contributed by atoms with Crippen molar-refractivity contribution in [1.29, 1.82) is 0 Å². The molecule has 4 rings (SSSR count). The lowest BCUT2D eigenvalue weighted by Gasteiger charge is -2.16. The van der Waals surface area contributed by atoms with Crippen LogP contribution in [-0.2, 0) is 30.8 Å². The number of amides is 1. The topological polar surface area (TPSA) is 69.3 Å². The fourth-order valence-electron chi connectivity index (χ4n) is 3.52. The largest absolute Gasteiger partial charge is 0.484 e. The molecule has 0 fully saturated rings. The molecule has 1 N–H and O–H groups in total. The van der Waals surface area contributed by atoms with E-state index in [9.17, 15) is 4.79 Å². The minimum atomic E-state index is -0.271. The number of anilines is 1. The highest BCUT2D eigenvalue weighted by atomic mass is 35.5. The lowest BCUT2D eigenvalue weighted by molar-refractivity contribution is -0.117. The highest BCUT2D eigenvalue weighted by Crippen LogP contribution is 2.26. The van der Waals surface area contributed by atoms with Gasteiger partial charge in [-0.2, -0.15) is 0 Å². The van der Waals surface area contributed by atoms with Gasteiger partial charge in [0, 0.05) is 10.7 Å². The van der Waals surface area contributed by atoms with Gasteiger partial charge in [0.05, 0.1) is 0 Å². The highest BCUT2D eigenvalue weighted by Gasteiger charge is 2.13. The molecule has 0 atom stereocenters. The molecular formula is C22H22ClN3O3S. The minimum Gasteiger partial charge on any atom is -0.484 e. The molecule has 2 aromatic carbocycles. The van der Waals surface area contributed by atoms with Gasteiger partial charge in [-0.05, 0) is 85.8 Å². The first-order valence-electron chi connectivity index (χ1n) is 9.86. The minimum absolute atomic E-state index is 0.0624. The normalized spacial score (nSPS) is 13.0. The number of benzene rings is 2. The second kappa shape index (κ2) is 9.02. The summed E-state index contributed by atoms with van der Waals surface area (Å²) >= 11 is 11.3. The van der Waals surface area contributed by atoms with Gasteiger partial charge in [0.1, 0.15) is 12.3 Å². The second-order valence-corrected chi connectivity index (χ2v) is 8.06. The summed E-state index contributed by atoms with van der Waals surface area (Å²) in [7, 11) is 0. The van der Waals surface area contributed by atoms with Crippen LogP contribution in [0.25, 0.3) is 0 Å². The van der Waals surface area contributed by atoms with E-state index < -0.39 is 0 Å². The van der Waals surface area contributed by atoms with Crippen molar-refractivity contribution in [3.05, 3.63) is 68.8 Å². The summed E-state index contributed by atoms with van der Waals surface area (Å²) in [4.78, 5) is 12.5. The monoisotopic (exact) mass is 443 g/mol. The number of aromatic nitrogens is 2. The Balaban J connectivity index is 1.38. The molecule has 1 amide bonds. The van der Waals surface area contributed by atoms with Gasteiger partial charge >= 0.3 is 0 Å². The van der Waals surface area contributed by atoms with E-state index >= 15 is 0 Å². The van der Waals surface area contributed by atoms with Crippen molar-refractivity contribution in [2.75, 3.05) is 5.32 Å². The SMILES string of the molecule is Cc1c(Cl)cccc1NC(=O)Cn1nc(COc2ccc3c(c2)CCCC3)oc1=S. The molecule has 30 heavy (non-hydrogen) atoms. The van der Waals surface area contributed by atoms with Gasteiger partial charge < -0.3 is 14.5 Å². The van der Waals surface area contributed by atoms with Crippen molar-refractivity contribution in [2.24, 2.45) is 0 Å². The van der Waals surface area contributed by atoms with E-state index in [0.29, 0.717) is 16.6 Å². The Morgan fingerprint density at radius 2 is 2.07 bits per heavy atom. The Bertz CT molecular complexity index is 1140. The van der Waals surface area contributed by atoms with E-state index in [1.165, 1.54) is 28.7 Å². The quantitative estimate of drug-likeness (QED) is 0.526. The van der Waals surface area contributed by atoms with Gasteiger partial charge in [-0.15, -0.1) is 5.10 Å². The summed E-state index contributed by atoms with van der Waals surface area (Å²) < 4.78 is 12.7. The van der Waals surface area contributed by atoms with Crippen molar-refractivity contribution in [3.63, 3.8) is 0 Å². The molecule has 1 aliphatic carbocycles. The van der Waals surface area contributed by atoms with Crippen LogP contribution in [0.5, 0.6) is 5.75 Å². The number of aryl methyl sites for hydroxylation is 2. The summed E-state index contributed by atoms with van der Waals surface area (Å²) in [5.41, 5.74) is 4.20. The molecule has 0 unspecified atom stereocenters. The molecule has 0 spiro atoms. The first-order valence-corrected chi connectivity index (χ1v) is 10.6. The van der Waals surface area contributed by atoms with Gasteiger partial charge in [0.15, 0.2) is 6.61 Å². The number of carbonyl (C=O) groups is 1. The van der Waals surface area contributed by atoms with Crippen LogP contribution in [0.4, 0.5) is 5.69 Å². The second-order valence-electron chi connectivity index (χ2n) is 7.31. The number of ether oxygens (including phenoxy) is 1. The number of nitrogens with zero attached hydrogens (tertiary/aromatic N) is 2. The molecule has 156 valence electrons. The lowest BCUT2D eigenvalue weighted by Crippen LogP contribution is -2.20. The van der Waals surface area contributed by atoms with Crippen LogP contribution in [0.2, 0.25) is 5.02 Å². The molecule has 0 radical (unpaired) electrons. The lowest BCUT2D eigenvalue weighted by atomic mass is 9.92. The summed E-state index contributed by atoms with van der Waals surface area (Å²) in [5, 5.41) is 7.68. The number of rotatable bonds is 6. The zero-order chi connectivity index (χ0) is 21.1. The molecule has 3 aromatic rings. The molecular weight excluding hydrogens is 422 g/mol. The van der Waals surface area contributed by atoms with Gasteiger partial charge in [-0.1, -0.05) is 23.7 Å². The van der Waals surface area contributed by atoms with E-state index in [1.807, 2.05) is 13.0 Å². The van der Waals surface area contributed by atoms with Crippen molar-refractivity contribution in [2.45, 2.75) is 45.8 Å². The number of hydrogen-bond donors (Lipinski definition) is 1. The predicted octanol–water partition coefficient (Wildman–Crippen LogP) is 5.26. The van der Waals surface area contributed by atoms with Crippen molar-refractivity contribution < 1.29 is 13.9 Å². The van der Waals surface area contributed by atoms with Crippen LogP contribution in [0, 0.1) is 11.8 Å². The Hall–Kier alpha value is -2.64. The first-order chi connectivity index (χ1) is 14.5. The molecule has 1 aliphatic rings. The highest BCUT2D eigenvalue weighted by molar-refractivity contribution is 7.71. The summed E-state index contributed by atoms with van der Waals surface area (Å²) in [6.45, 7) is 1.92. The maximum Gasteiger partial charge on any atom is 0.287 e. The number of hydrogen-bond acceptors (Lipinski definition) is 5. The standard InChI is InChI=1S/C22H22ClN3O3S/c1-14-18(23)7-4-8-19(14)24-20(27)12-26-22(30)29-21(25-26)13-28-17-10-9-15-5-2-3-6-16(15)11-17/h4,7-11H,2-3,5-6,12-13H2,1H3,(H,24,27). The van der Waals surface area contributed by atoms with Crippen molar-refractivity contribution >= 4 is 35.4 Å². The first kappa shape index (κ1) is 20.6. The third kappa shape index (κ3) is 4.74. The van der Waals surface area contributed by atoms with Gasteiger partial charge in [0.25, 0.3) is 10.7 Å². The molecule has 6 nitrogen and oxygen atoms in total. The molecule has 1 heterocycles. The number of fused-ring (bicyclic) bond motifs is 1. The molecule has 0 saturated carbocycles. The molecule has 0 saturated heterocycles. The summed E-state index contributed by atoms with van der Waals surface area (Å²) in [6, 6.07) is 11.5. The average Bonchev–Trinajstić information content (AvgIpc) is 3.09. The Labute approximate surface area is 184 Å². The van der Waals surface area contributed by atoms with Crippen molar-refractivity contribution in [3.8, 4) is 5.75 Å². The summed E-state index contributed by atoms with van der Waals surface area (Å²) in [6.07, 6.45) is 4.68. The average molecular weight is 444 g/mol. The third-order valence-corrected chi connectivity index (χ3v) is 5.87. The van der Waals surface area contributed by atoms with E-state index in [0.717, 1.165) is 24.2 Å². The van der Waals surface area contributed by atoms with Crippen LogP contribution in [0.15, 0.2) is 40.8 Å². The van der Waals surface area contributed by atoms with Crippen LogP contribution < -0.4 is 10.1 Å².